The Hall–Kier alpha value is -5.39. The molecule has 0 radical (unpaired) electrons. The number of Topliss-reactive ketones (excluding diaryl/α,β-unsaturated/α-hetero) is 1. The van der Waals surface area contributed by atoms with Crippen molar-refractivity contribution in [2.45, 2.75) is 13.0 Å². The fourth-order valence-electron chi connectivity index (χ4n) is 4.00. The normalized spacial score (nSPS) is 16.5. The number of carbonyl (C=O) groups is 3. The van der Waals surface area contributed by atoms with E-state index in [2.05, 4.69) is 5.32 Å². The molecule has 3 aromatic carbocycles. The summed E-state index contributed by atoms with van der Waals surface area (Å²) in [5.41, 5.74) is 0.348. The number of ketones is 1. The maximum Gasteiger partial charge on any atom is 0.300 e. The highest BCUT2D eigenvalue weighted by atomic mass is 16.6. The second-order valence-corrected chi connectivity index (χ2v) is 8.05. The summed E-state index contributed by atoms with van der Waals surface area (Å²) >= 11 is 0. The zero-order valence-electron chi connectivity index (χ0n) is 19.2. The molecule has 1 aliphatic heterocycles. The molecule has 3 aromatic rings. The number of hydrogen-bond acceptors (Lipinski definition) is 8. The molecule has 186 valence electrons. The fourth-order valence-corrected chi connectivity index (χ4v) is 4.00. The molecule has 4 rings (SSSR count). The lowest BCUT2D eigenvalue weighted by Gasteiger charge is -2.25. The van der Waals surface area contributed by atoms with E-state index in [0.717, 1.165) is 17.0 Å². The Morgan fingerprint density at radius 1 is 0.865 bits per heavy atom. The molecule has 1 aliphatic rings. The number of nitro groups is 2. The van der Waals surface area contributed by atoms with E-state index in [9.17, 15) is 39.7 Å². The predicted octanol–water partition coefficient (Wildman–Crippen LogP) is 4.09. The van der Waals surface area contributed by atoms with E-state index in [0.29, 0.717) is 11.3 Å². The van der Waals surface area contributed by atoms with Gasteiger partial charge in [0.05, 0.1) is 21.5 Å². The van der Waals surface area contributed by atoms with Crippen molar-refractivity contribution < 1.29 is 29.3 Å². The number of amides is 2. The largest absolute Gasteiger partial charge is 0.507 e. The summed E-state index contributed by atoms with van der Waals surface area (Å²) in [5.74, 6) is -2.83. The lowest BCUT2D eigenvalue weighted by atomic mass is 9.95. The molecule has 1 heterocycles. The van der Waals surface area contributed by atoms with Crippen molar-refractivity contribution in [2.75, 3.05) is 10.2 Å². The van der Waals surface area contributed by atoms with Crippen molar-refractivity contribution in [3.8, 4) is 0 Å². The van der Waals surface area contributed by atoms with Crippen LogP contribution in [0, 0.1) is 20.2 Å². The van der Waals surface area contributed by atoms with Gasteiger partial charge in [-0.25, -0.2) is 0 Å². The highest BCUT2D eigenvalue weighted by molar-refractivity contribution is 6.51. The Labute approximate surface area is 208 Å². The minimum Gasteiger partial charge on any atom is -0.507 e. The van der Waals surface area contributed by atoms with Crippen molar-refractivity contribution in [2.24, 2.45) is 0 Å². The smallest absolute Gasteiger partial charge is 0.300 e. The molecule has 1 atom stereocenters. The second-order valence-electron chi connectivity index (χ2n) is 8.05. The highest BCUT2D eigenvalue weighted by Gasteiger charge is 2.47. The van der Waals surface area contributed by atoms with Gasteiger partial charge in [-0.15, -0.1) is 0 Å². The number of carbonyl (C=O) groups excluding carboxylic acids is 3. The molecule has 0 saturated carbocycles. The maximum absolute atomic E-state index is 13.2. The van der Waals surface area contributed by atoms with Crippen LogP contribution in [0.25, 0.3) is 5.76 Å². The number of anilines is 2. The third kappa shape index (κ3) is 4.75. The molecule has 0 aromatic heterocycles. The van der Waals surface area contributed by atoms with Crippen molar-refractivity contribution in [3.05, 3.63) is 110 Å². The van der Waals surface area contributed by atoms with Gasteiger partial charge in [-0.1, -0.05) is 0 Å². The summed E-state index contributed by atoms with van der Waals surface area (Å²) in [6.07, 6.45) is 0. The third-order valence-electron chi connectivity index (χ3n) is 5.68. The highest BCUT2D eigenvalue weighted by Crippen LogP contribution is 2.42. The summed E-state index contributed by atoms with van der Waals surface area (Å²) < 4.78 is 0. The maximum atomic E-state index is 13.2. The molecule has 1 saturated heterocycles. The average Bonchev–Trinajstić information content (AvgIpc) is 3.14. The van der Waals surface area contributed by atoms with Gasteiger partial charge < -0.3 is 10.4 Å². The zero-order valence-corrected chi connectivity index (χ0v) is 19.2. The molecule has 37 heavy (non-hydrogen) atoms. The summed E-state index contributed by atoms with van der Waals surface area (Å²) in [7, 11) is 0. The van der Waals surface area contributed by atoms with Crippen LogP contribution in [-0.2, 0) is 14.4 Å². The topological polar surface area (TPSA) is 173 Å². The van der Waals surface area contributed by atoms with Gasteiger partial charge in [0.25, 0.3) is 23.1 Å². The Morgan fingerprint density at radius 3 is 1.86 bits per heavy atom. The van der Waals surface area contributed by atoms with Crippen LogP contribution in [0.2, 0.25) is 0 Å². The molecule has 0 aliphatic carbocycles. The minimum atomic E-state index is -1.16. The summed E-state index contributed by atoms with van der Waals surface area (Å²) in [6.45, 7) is 1.33. The van der Waals surface area contributed by atoms with Crippen LogP contribution in [-0.4, -0.2) is 32.6 Å². The summed E-state index contributed by atoms with van der Waals surface area (Å²) in [5, 5.41) is 35.8. The second kappa shape index (κ2) is 9.70. The first kappa shape index (κ1) is 24.7. The molecule has 0 bridgehead atoms. The quantitative estimate of drug-likeness (QED) is 0.167. The minimum absolute atomic E-state index is 0.0662. The van der Waals surface area contributed by atoms with E-state index in [1.54, 1.807) is 0 Å². The van der Waals surface area contributed by atoms with E-state index in [-0.39, 0.29) is 34.1 Å². The number of nitro benzene ring substituents is 2. The van der Waals surface area contributed by atoms with Crippen LogP contribution in [0.5, 0.6) is 0 Å². The molecule has 2 N–H and O–H groups in total. The number of hydrogen-bond donors (Lipinski definition) is 2. The van der Waals surface area contributed by atoms with Gasteiger partial charge >= 0.3 is 0 Å². The van der Waals surface area contributed by atoms with E-state index < -0.39 is 33.3 Å². The monoisotopic (exact) mass is 502 g/mol. The third-order valence-corrected chi connectivity index (χ3v) is 5.68. The lowest BCUT2D eigenvalue weighted by Crippen LogP contribution is -2.29. The van der Waals surface area contributed by atoms with Crippen molar-refractivity contribution in [1.29, 1.82) is 0 Å². The van der Waals surface area contributed by atoms with Gasteiger partial charge in [-0.05, 0) is 54.1 Å². The van der Waals surface area contributed by atoms with Gasteiger partial charge in [0.15, 0.2) is 0 Å². The van der Waals surface area contributed by atoms with E-state index in [4.69, 9.17) is 0 Å². The van der Waals surface area contributed by atoms with Crippen LogP contribution in [0.1, 0.15) is 24.1 Å². The number of rotatable bonds is 6. The number of nitrogens with one attached hydrogen (secondary N) is 1. The van der Waals surface area contributed by atoms with Gasteiger partial charge in [0, 0.05) is 48.1 Å². The van der Waals surface area contributed by atoms with Crippen LogP contribution < -0.4 is 10.2 Å². The average molecular weight is 502 g/mol. The summed E-state index contributed by atoms with van der Waals surface area (Å²) in [4.78, 5) is 59.7. The lowest BCUT2D eigenvalue weighted by molar-refractivity contribution is -0.385. The standard InChI is InChI=1S/C25H18N4O8/c1-14(30)26-17-6-12-18(13-7-17)27-22(15-2-8-19(9-3-15)28(34)35)21(24(32)25(27)33)23(31)16-4-10-20(11-5-16)29(36)37/h2-13,22,31H,1H3,(H,26,30)/b23-21+. The molecular weight excluding hydrogens is 484 g/mol. The number of aliphatic hydroxyl groups is 1. The first-order chi connectivity index (χ1) is 17.6. The Bertz CT molecular complexity index is 1460. The Kier molecular flexibility index (Phi) is 6.48. The molecule has 1 fully saturated rings. The van der Waals surface area contributed by atoms with E-state index >= 15 is 0 Å². The first-order valence-electron chi connectivity index (χ1n) is 10.8. The van der Waals surface area contributed by atoms with E-state index in [1.807, 2.05) is 0 Å². The molecule has 1 unspecified atom stereocenters. The number of benzene rings is 3. The van der Waals surface area contributed by atoms with Crippen LogP contribution >= 0.6 is 0 Å². The first-order valence-corrected chi connectivity index (χ1v) is 10.8. The molecule has 0 spiro atoms. The van der Waals surface area contributed by atoms with Gasteiger partial charge in [0.2, 0.25) is 5.91 Å². The zero-order chi connectivity index (χ0) is 26.9. The Balaban J connectivity index is 1.87. The van der Waals surface area contributed by atoms with Crippen molar-refractivity contribution >= 4 is 46.1 Å². The van der Waals surface area contributed by atoms with Crippen molar-refractivity contribution in [1.82, 2.24) is 0 Å². The van der Waals surface area contributed by atoms with Gasteiger partial charge in [0.1, 0.15) is 5.76 Å². The fraction of sp³-hybridized carbons (Fsp3) is 0.0800. The van der Waals surface area contributed by atoms with Gasteiger partial charge in [-0.3, -0.25) is 39.5 Å². The van der Waals surface area contributed by atoms with Crippen LogP contribution in [0.3, 0.4) is 0 Å². The van der Waals surface area contributed by atoms with Crippen LogP contribution in [0.4, 0.5) is 22.7 Å². The predicted molar refractivity (Wildman–Crippen MR) is 132 cm³/mol. The molecule has 12 nitrogen and oxygen atoms in total. The number of non-ortho nitro benzene ring substituents is 2. The van der Waals surface area contributed by atoms with Gasteiger partial charge in [-0.2, -0.15) is 0 Å². The Morgan fingerprint density at radius 2 is 1.38 bits per heavy atom. The summed E-state index contributed by atoms with van der Waals surface area (Å²) in [6, 6.07) is 14.8. The number of aliphatic hydroxyl groups excluding tert-OH is 1. The van der Waals surface area contributed by atoms with Crippen molar-refractivity contribution in [3.63, 3.8) is 0 Å². The van der Waals surface area contributed by atoms with Crippen LogP contribution in [0.15, 0.2) is 78.4 Å². The number of nitrogens with zero attached hydrogens (tertiary/aromatic N) is 3. The molecule has 12 heteroatoms. The molecular formula is C25H18N4O8. The van der Waals surface area contributed by atoms with E-state index in [1.165, 1.54) is 67.6 Å². The SMILES string of the molecule is CC(=O)Nc1ccc(N2C(=O)C(=O)/C(=C(/O)c3ccc([N+](=O)[O-])cc3)C2c2ccc([N+](=O)[O-])cc2)cc1. The molecule has 2 amide bonds.